The maximum atomic E-state index is 13.0. The zero-order valence-corrected chi connectivity index (χ0v) is 79.8. The lowest BCUT2D eigenvalue weighted by Gasteiger charge is -2.31. The first kappa shape index (κ1) is 108. The molecule has 7 atom stereocenters. The molecule has 8 rings (SSSR count). The van der Waals surface area contributed by atoms with Crippen LogP contribution in [0.25, 0.3) is 0 Å². The molecule has 0 saturated carbocycles. The maximum Gasteiger partial charge on any atom is 0.215 e. The van der Waals surface area contributed by atoms with Crippen molar-refractivity contribution < 1.29 is 80.0 Å². The Bertz CT molecular complexity index is 3330. The number of carbonyl (C=O) groups excluding carboxylic acids is 6. The number of ether oxygens (including phenoxy) is 8. The highest BCUT2D eigenvalue weighted by atomic mass is 32.2. The fraction of sp³-hybridized carbons (Fsp3) is 0.659. The summed E-state index contributed by atoms with van der Waals surface area (Å²) in [5.74, 6) is 12.0. The first-order valence-electron chi connectivity index (χ1n) is 40.2. The first-order valence-corrected chi connectivity index (χ1v) is 48.7. The molecule has 7 unspecified atom stereocenters. The second-order valence-corrected chi connectivity index (χ2v) is 47.0. The Hall–Kier alpha value is -5.82. The number of nitro groups is 1. The van der Waals surface area contributed by atoms with Crippen LogP contribution < -0.4 is 18.9 Å². The summed E-state index contributed by atoms with van der Waals surface area (Å²) >= 11 is 0. The molecule has 0 aromatic heterocycles. The van der Waals surface area contributed by atoms with Crippen LogP contribution in [0.2, 0.25) is 0 Å². The minimum Gasteiger partial charge on any atom is -0.497 e. The van der Waals surface area contributed by atoms with E-state index in [0.717, 1.165) is 144 Å². The van der Waals surface area contributed by atoms with Gasteiger partial charge in [-0.15, -0.1) is 0 Å². The van der Waals surface area contributed by atoms with E-state index in [1.54, 1.807) is 49.2 Å². The molecule has 4 heterocycles. The van der Waals surface area contributed by atoms with Gasteiger partial charge in [-0.1, -0.05) is 125 Å². The third-order valence-electron chi connectivity index (χ3n) is 20.2. The highest BCUT2D eigenvalue weighted by Crippen LogP contribution is 2.37. The summed E-state index contributed by atoms with van der Waals surface area (Å²) in [5, 5.41) is 18.4. The fourth-order valence-electron chi connectivity index (χ4n) is 11.9. The topological polar surface area (TPSA) is 277 Å². The second-order valence-electron chi connectivity index (χ2n) is 35.1. The van der Waals surface area contributed by atoms with Gasteiger partial charge in [0, 0.05) is 117 Å². The van der Waals surface area contributed by atoms with Crippen LogP contribution in [0, 0.1) is 66.3 Å². The molecule has 4 fully saturated rings. The number of methoxy groups -OCH3 is 4. The Balaban J connectivity index is 0.000000688. The molecule has 4 aromatic carbocycles. The number of nitriles is 1. The lowest BCUT2D eigenvalue weighted by molar-refractivity contribution is -0.526. The number of Topliss-reactive ketones (excluding diaryl/α,β-unsaturated/α-hetero) is 6. The molecule has 0 spiro atoms. The van der Waals surface area contributed by atoms with Crippen LogP contribution in [0.4, 0.5) is 0 Å². The van der Waals surface area contributed by atoms with Crippen molar-refractivity contribution in [3.05, 3.63) is 129 Å². The highest BCUT2D eigenvalue weighted by Gasteiger charge is 2.50. The van der Waals surface area contributed by atoms with E-state index >= 15 is 0 Å². The van der Waals surface area contributed by atoms with Gasteiger partial charge in [-0.25, -0.2) is 8.42 Å². The van der Waals surface area contributed by atoms with Gasteiger partial charge in [0.05, 0.1) is 98.5 Å². The molecule has 654 valence electrons. The van der Waals surface area contributed by atoms with E-state index in [9.17, 15) is 47.3 Å². The largest absolute Gasteiger partial charge is 0.497 e. The van der Waals surface area contributed by atoms with Crippen LogP contribution in [0.1, 0.15) is 214 Å². The summed E-state index contributed by atoms with van der Waals surface area (Å²) in [4.78, 5) is 82.5. The van der Waals surface area contributed by atoms with Gasteiger partial charge in [-0.05, 0) is 144 Å². The number of nitrogens with zero attached hydrogens (tertiary/aromatic N) is 2. The zero-order chi connectivity index (χ0) is 88.9. The van der Waals surface area contributed by atoms with Gasteiger partial charge >= 0.3 is 0 Å². The van der Waals surface area contributed by atoms with Crippen molar-refractivity contribution in [2.45, 2.75) is 205 Å². The average molecular weight is 1720 g/mol. The molecule has 4 aliphatic rings. The van der Waals surface area contributed by atoms with Crippen LogP contribution in [0.5, 0.6) is 23.0 Å². The van der Waals surface area contributed by atoms with Crippen molar-refractivity contribution in [1.29, 1.82) is 5.26 Å². The van der Waals surface area contributed by atoms with Gasteiger partial charge in [-0.2, -0.15) is 5.26 Å². The Morgan fingerprint density at radius 1 is 0.422 bits per heavy atom. The smallest absolute Gasteiger partial charge is 0.215 e. The predicted octanol–water partition coefficient (Wildman–Crippen LogP) is 16.9. The molecule has 0 amide bonds. The molecule has 25 heteroatoms. The summed E-state index contributed by atoms with van der Waals surface area (Å²) in [7, 11) is 4.21. The van der Waals surface area contributed by atoms with Crippen molar-refractivity contribution in [2.75, 3.05) is 134 Å². The predicted molar refractivity (Wildman–Crippen MR) is 485 cm³/mol. The summed E-state index contributed by atoms with van der Waals surface area (Å²) in [5.41, 5.74) is 3.17. The number of rotatable bonds is 22. The molecular weight excluding hydrogens is 1570 g/mol. The normalized spacial score (nSPS) is 17.0. The number of carbonyl (C=O) groups is 6. The molecular formula is C91H146N2O18S5+4. The number of hydrogen-bond acceptors (Lipinski definition) is 19. The third kappa shape index (κ3) is 39.1. The van der Waals surface area contributed by atoms with E-state index < -0.39 is 21.8 Å². The minimum absolute atomic E-state index is 0.0303. The van der Waals surface area contributed by atoms with Crippen molar-refractivity contribution in [3.8, 4) is 29.1 Å². The van der Waals surface area contributed by atoms with Crippen LogP contribution in [0.3, 0.4) is 0 Å². The maximum absolute atomic E-state index is 13.0. The lowest BCUT2D eigenvalue weighted by atomic mass is 9.83. The molecule has 20 nitrogen and oxygen atoms in total. The third-order valence-corrected chi connectivity index (χ3v) is 33.8. The van der Waals surface area contributed by atoms with Crippen molar-refractivity contribution in [3.63, 3.8) is 0 Å². The number of ketones is 6. The number of hydrogen-bond donors (Lipinski definition) is 0. The quantitative estimate of drug-likeness (QED) is 0.0232. The molecule has 0 bridgehead atoms. The zero-order valence-electron chi connectivity index (χ0n) is 75.7. The van der Waals surface area contributed by atoms with Crippen molar-refractivity contribution >= 4 is 88.1 Å². The summed E-state index contributed by atoms with van der Waals surface area (Å²) in [6, 6.07) is 31.7. The summed E-state index contributed by atoms with van der Waals surface area (Å²) in [6.07, 6.45) is 1.97. The van der Waals surface area contributed by atoms with Gasteiger partial charge < -0.3 is 37.9 Å². The van der Waals surface area contributed by atoms with E-state index in [1.807, 2.05) is 125 Å². The van der Waals surface area contributed by atoms with Crippen molar-refractivity contribution in [2.24, 2.45) is 44.8 Å². The Kier molecular flexibility index (Phi) is 48.9. The Labute approximate surface area is 710 Å². The van der Waals surface area contributed by atoms with Crippen LogP contribution in [-0.2, 0) is 82.0 Å². The van der Waals surface area contributed by atoms with E-state index in [1.165, 1.54) is 20.1 Å². The van der Waals surface area contributed by atoms with Crippen LogP contribution >= 0.6 is 0 Å². The SMILES string of the molecule is CC(=O)C(C)C(C)=O.CC(C#N)C(C)(C)C.CC(C)C(C)[N+](=O)[O-].CCC(C)S(C)(=O)=O.COc1ccc(C(=O)C([S+]2CCOCC2)C(C)(C)C)cc1.COc1ccc(C(=O)C([S+]2CCOCC2)C(C)(C)C)cc1.COc1ccc(C(=O)C([S+]2CCOCC2)C(C)(C)C)cc1.COc1ccc(C(=O)C([S+]2CCOCC2)C(C)(C)C)cc1. The Morgan fingerprint density at radius 3 is 0.707 bits per heavy atom. The number of sulfone groups is 1. The van der Waals surface area contributed by atoms with Crippen LogP contribution in [-0.4, -0.2) is 214 Å². The standard InChI is InChI=1S/4C17H25O3S.C7H13N.C6H10O2.C5H11NO2.C5H12O2S/c4*1-17(2,3)16(21-11-9-20-10-12-21)15(18)13-5-7-14(19-4)8-6-13;1-6(5-8)7(2,3)4;1-4(5(2)7)6(3)8;1-4(2)5(3)6(7)8;1-4-5(2)8(3,6)7/h4*5-8,16H,9-12H2,1-4H3;6H,1-4H3;4H,1-3H3;4-5H,1-3H3;5H,4H2,1-3H3/q4*+1;;;;. The van der Waals surface area contributed by atoms with E-state index in [4.69, 9.17) is 43.2 Å². The fourth-order valence-corrected chi connectivity index (χ4v) is 23.6. The Morgan fingerprint density at radius 2 is 0.621 bits per heavy atom. The molecule has 4 aliphatic heterocycles. The molecule has 0 aliphatic carbocycles. The van der Waals surface area contributed by atoms with Crippen LogP contribution in [0.15, 0.2) is 97.1 Å². The second kappa shape index (κ2) is 52.4. The summed E-state index contributed by atoms with van der Waals surface area (Å²) < 4.78 is 63.6. The molecule has 4 aromatic rings. The minimum atomic E-state index is -2.75. The van der Waals surface area contributed by atoms with Gasteiger partial charge in [0.2, 0.25) is 29.2 Å². The van der Waals surface area contributed by atoms with E-state index in [-0.39, 0.29) is 148 Å². The van der Waals surface area contributed by atoms with Gasteiger partial charge in [-0.3, -0.25) is 38.9 Å². The summed E-state index contributed by atoms with van der Waals surface area (Å²) in [6.45, 7) is 53.8. The van der Waals surface area contributed by atoms with Crippen molar-refractivity contribution in [1.82, 2.24) is 0 Å². The average Bonchev–Trinajstić information content (AvgIpc) is 0.820. The first-order chi connectivity index (χ1) is 53.8. The highest BCUT2D eigenvalue weighted by molar-refractivity contribution is 7.99. The van der Waals surface area contributed by atoms with Gasteiger partial charge in [0.1, 0.15) is 90.4 Å². The van der Waals surface area contributed by atoms with Gasteiger partial charge in [0.25, 0.3) is 0 Å². The molecule has 0 N–H and O–H groups in total. The molecule has 0 radical (unpaired) electrons. The molecule has 4 saturated heterocycles. The van der Waals surface area contributed by atoms with Gasteiger partial charge in [0.15, 0.2) is 21.0 Å². The molecule has 116 heavy (non-hydrogen) atoms. The van der Waals surface area contributed by atoms with E-state index in [2.05, 4.69) is 110 Å². The van der Waals surface area contributed by atoms with E-state index in [0.29, 0.717) is 6.42 Å². The lowest BCUT2D eigenvalue weighted by Crippen LogP contribution is -2.47. The monoisotopic (exact) mass is 1710 g/mol. The number of benzene rings is 4.